The normalized spacial score (nSPS) is 13.4. The van der Waals surface area contributed by atoms with Crippen LogP contribution in [0.5, 0.6) is 0 Å². The highest BCUT2D eigenvalue weighted by atomic mass is 127. The first-order valence-corrected chi connectivity index (χ1v) is 14.7. The summed E-state index contributed by atoms with van der Waals surface area (Å²) in [5, 5.41) is 1.49. The summed E-state index contributed by atoms with van der Waals surface area (Å²) in [6, 6.07) is 10.7. The first-order chi connectivity index (χ1) is 8.61. The highest BCUT2D eigenvalue weighted by Gasteiger charge is 2.23. The van der Waals surface area contributed by atoms with E-state index in [-0.39, 0.29) is 0 Å². The highest BCUT2D eigenvalue weighted by Crippen LogP contribution is 2.31. The van der Waals surface area contributed by atoms with Gasteiger partial charge in [0.2, 0.25) is 0 Å². The molecule has 0 bridgehead atoms. The Kier molecular flexibility index (Phi) is 5.66. The molecule has 0 heterocycles. The minimum atomic E-state index is -1.40. The Morgan fingerprint density at radius 3 is 1.89 bits per heavy atom. The topological polar surface area (TPSA) is 0 Å². The summed E-state index contributed by atoms with van der Waals surface area (Å²) in [7, 11) is -2.71. The smallest absolute Gasteiger partial charge is 0.126 e. The fourth-order valence-corrected chi connectivity index (χ4v) is 7.18. The zero-order chi connectivity index (χ0) is 14.7. The van der Waals surface area contributed by atoms with Gasteiger partial charge in [-0.05, 0) is 33.4 Å². The lowest BCUT2D eigenvalue weighted by molar-refractivity contribution is 1.61. The second-order valence-electron chi connectivity index (χ2n) is 6.81. The lowest BCUT2D eigenvalue weighted by Crippen LogP contribution is -2.24. The standard InChI is InChI=1S/C16H23ISi2/c1-18(2,3)13-12-15(17)16(19(4,5)6)14-10-8-7-9-11-14/h7-11H,1-6H3/b16-15+. The Morgan fingerprint density at radius 2 is 1.47 bits per heavy atom. The average molecular weight is 398 g/mol. The van der Waals surface area contributed by atoms with Crippen molar-refractivity contribution < 1.29 is 0 Å². The van der Waals surface area contributed by atoms with Crippen LogP contribution in [0.1, 0.15) is 5.56 Å². The molecule has 0 aliphatic carbocycles. The molecular weight excluding hydrogens is 375 g/mol. The van der Waals surface area contributed by atoms with Crippen LogP contribution in [0, 0.1) is 11.5 Å². The molecule has 3 heteroatoms. The van der Waals surface area contributed by atoms with Crippen molar-refractivity contribution in [3.05, 3.63) is 39.5 Å². The monoisotopic (exact) mass is 398 g/mol. The van der Waals surface area contributed by atoms with Crippen LogP contribution in [0.3, 0.4) is 0 Å². The molecule has 1 aromatic carbocycles. The molecule has 102 valence electrons. The minimum absolute atomic E-state index is 1.24. The molecule has 1 aromatic rings. The van der Waals surface area contributed by atoms with Crippen molar-refractivity contribution in [1.82, 2.24) is 0 Å². The van der Waals surface area contributed by atoms with Crippen LogP contribution >= 0.6 is 22.6 Å². The number of hydrogen-bond donors (Lipinski definition) is 0. The maximum Gasteiger partial charge on any atom is 0.129 e. The lowest BCUT2D eigenvalue weighted by atomic mass is 10.2. The molecular formula is C16H23ISi2. The molecule has 19 heavy (non-hydrogen) atoms. The number of halogens is 1. The lowest BCUT2D eigenvalue weighted by Gasteiger charge is -2.22. The van der Waals surface area contributed by atoms with Gasteiger partial charge in [-0.1, -0.05) is 75.5 Å². The molecule has 0 aliphatic heterocycles. The van der Waals surface area contributed by atoms with Gasteiger partial charge >= 0.3 is 0 Å². The Balaban J connectivity index is 3.36. The summed E-state index contributed by atoms with van der Waals surface area (Å²) in [4.78, 5) is 0. The van der Waals surface area contributed by atoms with Crippen molar-refractivity contribution in [3.8, 4) is 11.5 Å². The van der Waals surface area contributed by atoms with E-state index >= 15 is 0 Å². The summed E-state index contributed by atoms with van der Waals surface area (Å²) in [6.07, 6.45) is 0. The predicted octanol–water partition coefficient (Wildman–Crippen LogP) is 5.59. The SMILES string of the molecule is C[Si](C)(C)C#C/C(I)=C(/c1ccccc1)[Si](C)(C)C. The molecule has 0 N–H and O–H groups in total. The molecule has 0 nitrogen and oxygen atoms in total. The highest BCUT2D eigenvalue weighted by molar-refractivity contribution is 14.1. The largest absolute Gasteiger partial charge is 0.129 e. The van der Waals surface area contributed by atoms with Crippen LogP contribution < -0.4 is 0 Å². The van der Waals surface area contributed by atoms with Crippen LogP contribution in [-0.4, -0.2) is 16.1 Å². The first kappa shape index (κ1) is 16.7. The fraction of sp³-hybridized carbons (Fsp3) is 0.375. The Hall–Kier alpha value is -0.316. The Labute approximate surface area is 133 Å². The number of benzene rings is 1. The van der Waals surface area contributed by atoms with Crippen LogP contribution in [-0.2, 0) is 0 Å². The third kappa shape index (κ3) is 5.68. The van der Waals surface area contributed by atoms with Gasteiger partial charge < -0.3 is 0 Å². The van der Waals surface area contributed by atoms with E-state index in [4.69, 9.17) is 0 Å². The van der Waals surface area contributed by atoms with Gasteiger partial charge in [-0.2, -0.15) is 0 Å². The number of allylic oxidation sites excluding steroid dienone is 1. The molecule has 0 atom stereocenters. The third-order valence-corrected chi connectivity index (χ3v) is 6.81. The zero-order valence-electron chi connectivity index (χ0n) is 12.8. The second kappa shape index (κ2) is 6.42. The Bertz CT molecular complexity index is 520. The zero-order valence-corrected chi connectivity index (χ0v) is 16.9. The van der Waals surface area contributed by atoms with E-state index in [0.29, 0.717) is 0 Å². The van der Waals surface area contributed by atoms with E-state index in [2.05, 4.69) is 104 Å². The molecule has 0 radical (unpaired) electrons. The van der Waals surface area contributed by atoms with Crippen molar-refractivity contribution in [1.29, 1.82) is 0 Å². The van der Waals surface area contributed by atoms with E-state index in [1.54, 1.807) is 0 Å². The minimum Gasteiger partial charge on any atom is -0.126 e. The molecule has 0 saturated heterocycles. The van der Waals surface area contributed by atoms with Crippen molar-refractivity contribution in [2.45, 2.75) is 39.3 Å². The van der Waals surface area contributed by atoms with Gasteiger partial charge in [-0.3, -0.25) is 0 Å². The average Bonchev–Trinajstić information content (AvgIpc) is 2.25. The van der Waals surface area contributed by atoms with Crippen molar-refractivity contribution >= 4 is 43.9 Å². The van der Waals surface area contributed by atoms with E-state index in [1.165, 1.54) is 14.3 Å². The second-order valence-corrected chi connectivity index (χ2v) is 17.6. The summed E-state index contributed by atoms with van der Waals surface area (Å²) >= 11 is 2.44. The molecule has 0 amide bonds. The maximum absolute atomic E-state index is 3.49. The molecule has 0 fully saturated rings. The van der Waals surface area contributed by atoms with Crippen molar-refractivity contribution in [2.24, 2.45) is 0 Å². The Morgan fingerprint density at radius 1 is 0.947 bits per heavy atom. The van der Waals surface area contributed by atoms with Gasteiger partial charge in [0, 0.05) is 0 Å². The van der Waals surface area contributed by atoms with Gasteiger partial charge in [0.1, 0.15) is 8.07 Å². The predicted molar refractivity (Wildman–Crippen MR) is 102 cm³/mol. The van der Waals surface area contributed by atoms with Crippen LogP contribution in [0.2, 0.25) is 39.3 Å². The van der Waals surface area contributed by atoms with E-state index in [9.17, 15) is 0 Å². The van der Waals surface area contributed by atoms with E-state index in [1.807, 2.05) is 0 Å². The number of rotatable bonds is 2. The van der Waals surface area contributed by atoms with E-state index in [0.717, 1.165) is 0 Å². The van der Waals surface area contributed by atoms with E-state index < -0.39 is 16.1 Å². The molecule has 1 rings (SSSR count). The summed E-state index contributed by atoms with van der Waals surface area (Å²) in [5.41, 5.74) is 4.83. The van der Waals surface area contributed by atoms with Crippen molar-refractivity contribution in [2.75, 3.05) is 0 Å². The van der Waals surface area contributed by atoms with Gasteiger partial charge in [0.25, 0.3) is 0 Å². The quantitative estimate of drug-likeness (QED) is 0.346. The van der Waals surface area contributed by atoms with Crippen LogP contribution in [0.15, 0.2) is 33.9 Å². The van der Waals surface area contributed by atoms with Gasteiger partial charge in [0.15, 0.2) is 0 Å². The summed E-state index contributed by atoms with van der Waals surface area (Å²) in [5.74, 6) is 3.44. The van der Waals surface area contributed by atoms with Gasteiger partial charge in [0.05, 0.1) is 11.7 Å². The molecule has 0 spiro atoms. The van der Waals surface area contributed by atoms with Gasteiger partial charge in [-0.15, -0.1) is 5.54 Å². The van der Waals surface area contributed by atoms with Crippen LogP contribution in [0.25, 0.3) is 5.20 Å². The third-order valence-electron chi connectivity index (χ3n) is 2.58. The fourth-order valence-electron chi connectivity index (χ4n) is 1.80. The molecule has 0 saturated carbocycles. The maximum atomic E-state index is 3.49. The van der Waals surface area contributed by atoms with Crippen molar-refractivity contribution in [3.63, 3.8) is 0 Å². The van der Waals surface area contributed by atoms with Crippen LogP contribution in [0.4, 0.5) is 0 Å². The molecule has 0 unspecified atom stereocenters. The number of hydrogen-bond acceptors (Lipinski definition) is 0. The first-order valence-electron chi connectivity index (χ1n) is 6.60. The molecule has 0 aliphatic rings. The van der Waals surface area contributed by atoms with Gasteiger partial charge in [-0.25, -0.2) is 0 Å². The molecule has 0 aromatic heterocycles. The summed E-state index contributed by atoms with van der Waals surface area (Å²) < 4.78 is 1.24. The summed E-state index contributed by atoms with van der Waals surface area (Å²) in [6.45, 7) is 14.1.